The number of hydrogen-bond acceptors (Lipinski definition) is 2. The Labute approximate surface area is 122 Å². The Bertz CT molecular complexity index is 325. The minimum absolute atomic E-state index is 0.239. The Morgan fingerprint density at radius 1 is 1.16 bits per heavy atom. The summed E-state index contributed by atoms with van der Waals surface area (Å²) >= 11 is 6.28. The molecule has 3 rings (SSSR count). The maximum Gasteiger partial charge on any atom is 0.0708 e. The second-order valence-electron chi connectivity index (χ2n) is 7.51. The summed E-state index contributed by atoms with van der Waals surface area (Å²) in [4.78, 5) is 0. The average Bonchev–Trinajstić information content (AvgIpc) is 2.78. The maximum absolute atomic E-state index is 6.41. The zero-order chi connectivity index (χ0) is 13.5. The molecule has 0 aromatic carbocycles. The van der Waals surface area contributed by atoms with E-state index in [1.807, 2.05) is 0 Å². The van der Waals surface area contributed by atoms with Crippen LogP contribution in [0.1, 0.15) is 65.2 Å². The Balaban J connectivity index is 1.45. The molecule has 1 heterocycles. The molecule has 1 aliphatic heterocycles. The quantitative estimate of drug-likeness (QED) is 0.795. The first kappa shape index (κ1) is 14.2. The Hall–Kier alpha value is 0.210. The first-order valence-electron chi connectivity index (χ1n) is 8.07. The van der Waals surface area contributed by atoms with Gasteiger partial charge < -0.3 is 10.1 Å². The van der Waals surface area contributed by atoms with Crippen molar-refractivity contribution >= 4 is 11.6 Å². The largest absolute Gasteiger partial charge is 0.370 e. The monoisotopic (exact) mass is 285 g/mol. The van der Waals surface area contributed by atoms with E-state index in [1.165, 1.54) is 44.9 Å². The van der Waals surface area contributed by atoms with Crippen molar-refractivity contribution in [2.24, 2.45) is 5.41 Å². The second kappa shape index (κ2) is 5.20. The number of nitrogens with one attached hydrogen (secondary N) is 1. The normalized spacial score (nSPS) is 40.3. The number of rotatable bonds is 3. The molecule has 0 aromatic heterocycles. The van der Waals surface area contributed by atoms with Crippen LogP contribution in [0.25, 0.3) is 0 Å². The third kappa shape index (κ3) is 2.69. The first-order chi connectivity index (χ1) is 9.02. The van der Waals surface area contributed by atoms with Crippen molar-refractivity contribution in [2.75, 3.05) is 6.54 Å². The van der Waals surface area contributed by atoms with Crippen molar-refractivity contribution in [2.45, 2.75) is 88.3 Å². The van der Waals surface area contributed by atoms with Gasteiger partial charge in [0.2, 0.25) is 0 Å². The van der Waals surface area contributed by atoms with E-state index < -0.39 is 0 Å². The minimum atomic E-state index is 0.239. The van der Waals surface area contributed by atoms with Crippen molar-refractivity contribution in [3.63, 3.8) is 0 Å². The molecular formula is C16H28ClNO. The van der Waals surface area contributed by atoms with E-state index in [0.29, 0.717) is 17.5 Å². The van der Waals surface area contributed by atoms with Gasteiger partial charge in [-0.15, -0.1) is 11.6 Å². The highest BCUT2D eigenvalue weighted by atomic mass is 35.5. The summed E-state index contributed by atoms with van der Waals surface area (Å²) in [5.41, 5.74) is 0.497. The third-order valence-electron chi connectivity index (χ3n) is 5.84. The predicted molar refractivity (Wildman–Crippen MR) is 79.8 cm³/mol. The van der Waals surface area contributed by atoms with Gasteiger partial charge in [0.1, 0.15) is 0 Å². The molecule has 1 spiro atoms. The summed E-state index contributed by atoms with van der Waals surface area (Å²) in [5, 5.41) is 4.03. The van der Waals surface area contributed by atoms with Crippen molar-refractivity contribution in [3.8, 4) is 0 Å². The SMILES string of the molecule is CC1(C)C(Cl)CC1NCC1CCC2(CCCCC2)O1. The first-order valence-corrected chi connectivity index (χ1v) is 8.51. The molecule has 19 heavy (non-hydrogen) atoms. The van der Waals surface area contributed by atoms with Gasteiger partial charge in [0.15, 0.2) is 0 Å². The second-order valence-corrected chi connectivity index (χ2v) is 8.03. The van der Waals surface area contributed by atoms with Crippen molar-refractivity contribution in [3.05, 3.63) is 0 Å². The molecule has 0 radical (unpaired) electrons. The van der Waals surface area contributed by atoms with Gasteiger partial charge in [0, 0.05) is 18.0 Å². The van der Waals surface area contributed by atoms with Crippen LogP contribution < -0.4 is 5.32 Å². The van der Waals surface area contributed by atoms with Crippen LogP contribution in [0.2, 0.25) is 0 Å². The molecule has 3 fully saturated rings. The summed E-state index contributed by atoms with van der Waals surface area (Å²) in [6.07, 6.45) is 10.8. The highest BCUT2D eigenvalue weighted by Crippen LogP contribution is 2.45. The molecule has 0 bridgehead atoms. The molecule has 2 nitrogen and oxygen atoms in total. The van der Waals surface area contributed by atoms with Crippen LogP contribution in [-0.4, -0.2) is 29.7 Å². The Morgan fingerprint density at radius 2 is 1.89 bits per heavy atom. The molecule has 3 heteroatoms. The van der Waals surface area contributed by atoms with Crippen LogP contribution >= 0.6 is 11.6 Å². The smallest absolute Gasteiger partial charge is 0.0708 e. The summed E-state index contributed by atoms with van der Waals surface area (Å²) in [6.45, 7) is 5.55. The molecule has 1 saturated heterocycles. The van der Waals surface area contributed by atoms with Gasteiger partial charge in [0.25, 0.3) is 0 Å². The van der Waals surface area contributed by atoms with E-state index >= 15 is 0 Å². The predicted octanol–water partition coefficient (Wildman–Crippen LogP) is 3.86. The van der Waals surface area contributed by atoms with Gasteiger partial charge >= 0.3 is 0 Å². The van der Waals surface area contributed by atoms with E-state index in [2.05, 4.69) is 19.2 Å². The fraction of sp³-hybridized carbons (Fsp3) is 1.00. The fourth-order valence-corrected chi connectivity index (χ4v) is 4.43. The van der Waals surface area contributed by atoms with Gasteiger partial charge in [-0.05, 0) is 37.5 Å². The summed E-state index contributed by atoms with van der Waals surface area (Å²) in [6, 6.07) is 0.571. The van der Waals surface area contributed by atoms with Crippen LogP contribution in [-0.2, 0) is 4.74 Å². The van der Waals surface area contributed by atoms with Gasteiger partial charge in [-0.1, -0.05) is 33.1 Å². The number of alkyl halides is 1. The summed E-state index contributed by atoms with van der Waals surface area (Å²) < 4.78 is 6.41. The average molecular weight is 286 g/mol. The zero-order valence-electron chi connectivity index (χ0n) is 12.4. The van der Waals surface area contributed by atoms with Crippen LogP contribution in [0, 0.1) is 5.41 Å². The summed E-state index contributed by atoms with van der Waals surface area (Å²) in [5.74, 6) is 0. The minimum Gasteiger partial charge on any atom is -0.370 e. The maximum atomic E-state index is 6.41. The molecule has 2 saturated carbocycles. The number of ether oxygens (including phenoxy) is 1. The zero-order valence-corrected chi connectivity index (χ0v) is 13.1. The molecule has 110 valence electrons. The van der Waals surface area contributed by atoms with Gasteiger partial charge in [-0.2, -0.15) is 0 Å². The molecule has 3 aliphatic rings. The topological polar surface area (TPSA) is 21.3 Å². The number of hydrogen-bond donors (Lipinski definition) is 1. The van der Waals surface area contributed by atoms with Crippen LogP contribution in [0.3, 0.4) is 0 Å². The number of halogens is 1. The lowest BCUT2D eigenvalue weighted by Crippen LogP contribution is -2.59. The Morgan fingerprint density at radius 3 is 2.53 bits per heavy atom. The lowest BCUT2D eigenvalue weighted by molar-refractivity contribution is -0.0652. The molecule has 2 aliphatic carbocycles. The molecule has 0 amide bonds. The van der Waals surface area contributed by atoms with Crippen LogP contribution in [0.5, 0.6) is 0 Å². The molecule has 0 aromatic rings. The highest BCUT2D eigenvalue weighted by molar-refractivity contribution is 6.21. The van der Waals surface area contributed by atoms with E-state index in [0.717, 1.165) is 13.0 Å². The molecule has 3 atom stereocenters. The van der Waals surface area contributed by atoms with Gasteiger partial charge in [-0.25, -0.2) is 0 Å². The van der Waals surface area contributed by atoms with Gasteiger partial charge in [0.05, 0.1) is 11.7 Å². The lowest BCUT2D eigenvalue weighted by atomic mass is 9.67. The molecule has 3 unspecified atom stereocenters. The standard InChI is InChI=1S/C16H28ClNO/c1-15(2)13(17)10-14(15)18-11-12-6-9-16(19-12)7-4-3-5-8-16/h12-14,18H,3-11H2,1-2H3. The lowest BCUT2D eigenvalue weighted by Gasteiger charge is -2.49. The van der Waals surface area contributed by atoms with E-state index in [-0.39, 0.29) is 11.0 Å². The van der Waals surface area contributed by atoms with Crippen LogP contribution in [0.4, 0.5) is 0 Å². The fourth-order valence-electron chi connectivity index (χ4n) is 4.10. The molecular weight excluding hydrogens is 258 g/mol. The van der Waals surface area contributed by atoms with Crippen molar-refractivity contribution in [1.29, 1.82) is 0 Å². The summed E-state index contributed by atoms with van der Waals surface area (Å²) in [7, 11) is 0. The Kier molecular flexibility index (Phi) is 3.87. The van der Waals surface area contributed by atoms with Crippen molar-refractivity contribution in [1.82, 2.24) is 5.32 Å². The van der Waals surface area contributed by atoms with E-state index in [9.17, 15) is 0 Å². The molecule has 1 N–H and O–H groups in total. The third-order valence-corrected chi connectivity index (χ3v) is 6.58. The van der Waals surface area contributed by atoms with Gasteiger partial charge in [-0.3, -0.25) is 0 Å². The van der Waals surface area contributed by atoms with Crippen LogP contribution in [0.15, 0.2) is 0 Å². The highest BCUT2D eigenvalue weighted by Gasteiger charge is 2.47. The van der Waals surface area contributed by atoms with Crippen molar-refractivity contribution < 1.29 is 4.74 Å². The van der Waals surface area contributed by atoms with E-state index in [1.54, 1.807) is 0 Å². The van der Waals surface area contributed by atoms with E-state index in [4.69, 9.17) is 16.3 Å².